The Morgan fingerprint density at radius 1 is 1.14 bits per heavy atom. The van der Waals surface area contributed by atoms with Gasteiger partial charge in [0.1, 0.15) is 5.82 Å². The summed E-state index contributed by atoms with van der Waals surface area (Å²) < 4.78 is 13.0. The molecule has 0 aliphatic rings. The molecule has 0 bridgehead atoms. The predicted octanol–water partition coefficient (Wildman–Crippen LogP) is 3.34. The van der Waals surface area contributed by atoms with Crippen LogP contribution in [0, 0.1) is 5.82 Å². The Hall–Kier alpha value is -1.71. The molecule has 1 unspecified atom stereocenters. The summed E-state index contributed by atoms with van der Waals surface area (Å²) in [7, 11) is 0. The molecule has 0 heterocycles. The number of aliphatic hydroxyl groups is 1. The van der Waals surface area contributed by atoms with E-state index in [9.17, 15) is 9.50 Å². The summed E-state index contributed by atoms with van der Waals surface area (Å²) in [6.45, 7) is 4.09. The summed E-state index contributed by atoms with van der Waals surface area (Å²) in [4.78, 5) is 0. The van der Waals surface area contributed by atoms with Crippen LogP contribution in [0.1, 0.15) is 36.5 Å². The number of hydrogen-bond acceptors (Lipinski definition) is 2. The highest BCUT2D eigenvalue weighted by Crippen LogP contribution is 2.25. The van der Waals surface area contributed by atoms with Crippen LogP contribution in [0.4, 0.5) is 4.39 Å². The number of halogens is 1. The van der Waals surface area contributed by atoms with Crippen molar-refractivity contribution in [2.75, 3.05) is 6.61 Å². The third kappa shape index (κ3) is 3.69. The van der Waals surface area contributed by atoms with Crippen molar-refractivity contribution < 1.29 is 9.50 Å². The maximum absolute atomic E-state index is 13.0. The Kier molecular flexibility index (Phi) is 4.76. The Labute approximate surface area is 125 Å². The van der Waals surface area contributed by atoms with Gasteiger partial charge < -0.3 is 10.8 Å². The van der Waals surface area contributed by atoms with Gasteiger partial charge in [0.2, 0.25) is 0 Å². The van der Waals surface area contributed by atoms with Gasteiger partial charge >= 0.3 is 0 Å². The van der Waals surface area contributed by atoms with Gasteiger partial charge in [-0.15, -0.1) is 0 Å². The van der Waals surface area contributed by atoms with Crippen LogP contribution < -0.4 is 5.73 Å². The highest BCUT2D eigenvalue weighted by atomic mass is 19.1. The van der Waals surface area contributed by atoms with Crippen molar-refractivity contribution in [2.24, 2.45) is 5.73 Å². The Morgan fingerprint density at radius 3 is 2.38 bits per heavy atom. The highest BCUT2D eigenvalue weighted by molar-refractivity contribution is 5.31. The molecule has 21 heavy (non-hydrogen) atoms. The lowest BCUT2D eigenvalue weighted by molar-refractivity contribution is 0.195. The van der Waals surface area contributed by atoms with Crippen LogP contribution in [0.2, 0.25) is 0 Å². The standard InChI is InChI=1S/C18H22FNO/c1-13(2)15-5-3-4-14(10-15)11-18(20,12-21)16-6-8-17(19)9-7-16/h3-10,13,21H,11-12,20H2,1-2H3. The van der Waals surface area contributed by atoms with E-state index in [1.807, 2.05) is 12.1 Å². The van der Waals surface area contributed by atoms with E-state index in [-0.39, 0.29) is 12.4 Å². The molecular formula is C18H22FNO. The maximum Gasteiger partial charge on any atom is 0.123 e. The predicted molar refractivity (Wildman–Crippen MR) is 83.6 cm³/mol. The second-order valence-corrected chi connectivity index (χ2v) is 5.90. The first-order valence-electron chi connectivity index (χ1n) is 7.19. The first-order chi connectivity index (χ1) is 9.94. The molecule has 0 radical (unpaired) electrons. The Bertz CT molecular complexity index is 594. The normalized spacial score (nSPS) is 14.2. The van der Waals surface area contributed by atoms with Gasteiger partial charge in [0.05, 0.1) is 12.1 Å². The molecule has 1 atom stereocenters. The van der Waals surface area contributed by atoms with Crippen LogP contribution >= 0.6 is 0 Å². The van der Waals surface area contributed by atoms with E-state index in [2.05, 4.69) is 26.0 Å². The number of nitrogens with two attached hydrogens (primary N) is 1. The van der Waals surface area contributed by atoms with Crippen LogP contribution in [0.3, 0.4) is 0 Å². The van der Waals surface area contributed by atoms with E-state index in [1.54, 1.807) is 12.1 Å². The quantitative estimate of drug-likeness (QED) is 0.886. The molecule has 0 fully saturated rings. The summed E-state index contributed by atoms with van der Waals surface area (Å²) in [5.41, 5.74) is 8.51. The minimum atomic E-state index is -0.900. The molecule has 2 aromatic rings. The minimum absolute atomic E-state index is 0.190. The molecule has 3 heteroatoms. The van der Waals surface area contributed by atoms with Crippen molar-refractivity contribution in [3.05, 3.63) is 71.0 Å². The fourth-order valence-corrected chi connectivity index (χ4v) is 2.46. The number of aliphatic hydroxyl groups excluding tert-OH is 1. The van der Waals surface area contributed by atoms with Crippen LogP contribution in [0.5, 0.6) is 0 Å². The van der Waals surface area contributed by atoms with E-state index < -0.39 is 5.54 Å². The van der Waals surface area contributed by atoms with E-state index in [4.69, 9.17) is 5.73 Å². The Morgan fingerprint density at radius 2 is 1.81 bits per heavy atom. The third-order valence-electron chi connectivity index (χ3n) is 3.84. The zero-order chi connectivity index (χ0) is 15.5. The highest BCUT2D eigenvalue weighted by Gasteiger charge is 2.27. The summed E-state index contributed by atoms with van der Waals surface area (Å²) in [6.07, 6.45) is 0.510. The van der Waals surface area contributed by atoms with E-state index in [0.717, 1.165) is 11.1 Å². The van der Waals surface area contributed by atoms with Crippen molar-refractivity contribution in [1.82, 2.24) is 0 Å². The first-order valence-corrected chi connectivity index (χ1v) is 7.19. The summed E-state index contributed by atoms with van der Waals surface area (Å²) in [5.74, 6) is 0.137. The summed E-state index contributed by atoms with van der Waals surface area (Å²) in [5, 5.41) is 9.73. The average Bonchev–Trinajstić information content (AvgIpc) is 2.48. The molecule has 2 aromatic carbocycles. The molecule has 0 amide bonds. The number of rotatable bonds is 5. The summed E-state index contributed by atoms with van der Waals surface area (Å²) >= 11 is 0. The zero-order valence-electron chi connectivity index (χ0n) is 12.5. The van der Waals surface area contributed by atoms with Gasteiger partial charge in [0.15, 0.2) is 0 Å². The Balaban J connectivity index is 2.29. The van der Waals surface area contributed by atoms with Crippen LogP contribution in [0.15, 0.2) is 48.5 Å². The van der Waals surface area contributed by atoms with E-state index in [1.165, 1.54) is 17.7 Å². The van der Waals surface area contributed by atoms with Gasteiger partial charge in [0, 0.05) is 0 Å². The third-order valence-corrected chi connectivity index (χ3v) is 3.84. The lowest BCUT2D eigenvalue weighted by atomic mass is 9.84. The fourth-order valence-electron chi connectivity index (χ4n) is 2.46. The molecule has 2 rings (SSSR count). The lowest BCUT2D eigenvalue weighted by Gasteiger charge is -2.28. The average molecular weight is 287 g/mol. The van der Waals surface area contributed by atoms with Crippen molar-refractivity contribution in [1.29, 1.82) is 0 Å². The molecule has 112 valence electrons. The van der Waals surface area contributed by atoms with Gasteiger partial charge in [-0.1, -0.05) is 50.2 Å². The van der Waals surface area contributed by atoms with Crippen LogP contribution in [-0.4, -0.2) is 11.7 Å². The van der Waals surface area contributed by atoms with Gasteiger partial charge in [0.25, 0.3) is 0 Å². The largest absolute Gasteiger partial charge is 0.394 e. The van der Waals surface area contributed by atoms with Gasteiger partial charge in [-0.3, -0.25) is 0 Å². The summed E-state index contributed by atoms with van der Waals surface area (Å²) in [6, 6.07) is 14.2. The maximum atomic E-state index is 13.0. The van der Waals surface area contributed by atoms with Gasteiger partial charge in [-0.05, 0) is 41.2 Å². The molecule has 0 saturated heterocycles. The smallest absolute Gasteiger partial charge is 0.123 e. The van der Waals surface area contributed by atoms with Crippen LogP contribution in [0.25, 0.3) is 0 Å². The molecule has 0 aromatic heterocycles. The SMILES string of the molecule is CC(C)c1cccc(CC(N)(CO)c2ccc(F)cc2)c1. The molecule has 0 aliphatic heterocycles. The lowest BCUT2D eigenvalue weighted by Crippen LogP contribution is -2.42. The van der Waals surface area contributed by atoms with Crippen molar-refractivity contribution in [3.8, 4) is 0 Å². The van der Waals surface area contributed by atoms with E-state index in [0.29, 0.717) is 12.3 Å². The first kappa shape index (κ1) is 15.7. The molecular weight excluding hydrogens is 265 g/mol. The molecule has 3 N–H and O–H groups in total. The molecule has 0 saturated carbocycles. The van der Waals surface area contributed by atoms with Crippen molar-refractivity contribution >= 4 is 0 Å². The van der Waals surface area contributed by atoms with Gasteiger partial charge in [-0.2, -0.15) is 0 Å². The van der Waals surface area contributed by atoms with Gasteiger partial charge in [-0.25, -0.2) is 4.39 Å². The van der Waals surface area contributed by atoms with Crippen molar-refractivity contribution in [3.63, 3.8) is 0 Å². The second kappa shape index (κ2) is 6.37. The minimum Gasteiger partial charge on any atom is -0.394 e. The molecule has 0 aliphatic carbocycles. The number of hydrogen-bond donors (Lipinski definition) is 2. The van der Waals surface area contributed by atoms with Crippen molar-refractivity contribution in [2.45, 2.75) is 31.7 Å². The molecule has 0 spiro atoms. The molecule has 2 nitrogen and oxygen atoms in total. The topological polar surface area (TPSA) is 46.2 Å². The van der Waals surface area contributed by atoms with Crippen LogP contribution in [-0.2, 0) is 12.0 Å². The fraction of sp³-hybridized carbons (Fsp3) is 0.333. The number of benzene rings is 2. The second-order valence-electron chi connectivity index (χ2n) is 5.90. The van der Waals surface area contributed by atoms with E-state index >= 15 is 0 Å². The monoisotopic (exact) mass is 287 g/mol. The zero-order valence-corrected chi connectivity index (χ0v) is 12.5.